The van der Waals surface area contributed by atoms with Gasteiger partial charge in [0.05, 0.1) is 13.0 Å². The first-order chi connectivity index (χ1) is 7.70. The predicted molar refractivity (Wildman–Crippen MR) is 57.9 cm³/mol. The van der Waals surface area contributed by atoms with E-state index < -0.39 is 5.82 Å². The van der Waals surface area contributed by atoms with E-state index in [-0.39, 0.29) is 17.6 Å². The molecule has 0 bridgehead atoms. The van der Waals surface area contributed by atoms with Crippen molar-refractivity contribution in [3.05, 3.63) is 24.0 Å². The lowest BCUT2D eigenvalue weighted by Crippen LogP contribution is -2.48. The molecule has 1 heterocycles. The fourth-order valence-corrected chi connectivity index (χ4v) is 1.46. The number of ether oxygens (including phenoxy) is 1. The molecule has 86 valence electrons. The summed E-state index contributed by atoms with van der Waals surface area (Å²) >= 11 is 0. The summed E-state index contributed by atoms with van der Waals surface area (Å²) < 4.78 is 18.1. The van der Waals surface area contributed by atoms with Crippen LogP contribution in [0.4, 0.5) is 10.1 Å². The van der Waals surface area contributed by atoms with Crippen LogP contribution in [0.1, 0.15) is 0 Å². The second kappa shape index (κ2) is 4.49. The van der Waals surface area contributed by atoms with Gasteiger partial charge >= 0.3 is 0 Å². The van der Waals surface area contributed by atoms with Crippen molar-refractivity contribution in [1.82, 2.24) is 5.32 Å². The minimum absolute atomic E-state index is 0.00911. The maximum Gasteiger partial charge on any atom is 0.230 e. The van der Waals surface area contributed by atoms with Crippen LogP contribution >= 0.6 is 0 Å². The number of nitrogens with one attached hydrogen (secondary N) is 2. The van der Waals surface area contributed by atoms with E-state index in [0.29, 0.717) is 18.8 Å². The average molecular weight is 224 g/mol. The van der Waals surface area contributed by atoms with Crippen LogP contribution in [0.5, 0.6) is 5.75 Å². The minimum Gasteiger partial charge on any atom is -0.494 e. The molecule has 1 aromatic rings. The van der Waals surface area contributed by atoms with Crippen molar-refractivity contribution in [1.29, 1.82) is 0 Å². The van der Waals surface area contributed by atoms with Crippen molar-refractivity contribution in [2.75, 3.05) is 25.5 Å². The van der Waals surface area contributed by atoms with E-state index in [1.165, 1.54) is 19.2 Å². The summed E-state index contributed by atoms with van der Waals surface area (Å²) in [5.74, 6) is -0.399. The smallest absolute Gasteiger partial charge is 0.230 e. The van der Waals surface area contributed by atoms with Crippen molar-refractivity contribution < 1.29 is 13.9 Å². The van der Waals surface area contributed by atoms with Gasteiger partial charge in [-0.15, -0.1) is 0 Å². The van der Waals surface area contributed by atoms with E-state index in [9.17, 15) is 9.18 Å². The molecule has 16 heavy (non-hydrogen) atoms. The average Bonchev–Trinajstić information content (AvgIpc) is 2.15. The molecule has 4 nitrogen and oxygen atoms in total. The first-order valence-corrected chi connectivity index (χ1v) is 5.06. The Labute approximate surface area is 92.8 Å². The van der Waals surface area contributed by atoms with Crippen molar-refractivity contribution in [2.24, 2.45) is 5.92 Å². The molecule has 2 rings (SSSR count). The normalized spacial score (nSPS) is 15.4. The van der Waals surface area contributed by atoms with E-state index in [0.717, 1.165) is 0 Å². The highest BCUT2D eigenvalue weighted by Crippen LogP contribution is 2.21. The van der Waals surface area contributed by atoms with Crippen molar-refractivity contribution in [3.63, 3.8) is 0 Å². The highest BCUT2D eigenvalue weighted by atomic mass is 19.1. The van der Waals surface area contributed by atoms with Crippen LogP contribution in [0.15, 0.2) is 18.2 Å². The number of methoxy groups -OCH3 is 1. The summed E-state index contributed by atoms with van der Waals surface area (Å²) in [6.07, 6.45) is 0. The van der Waals surface area contributed by atoms with Gasteiger partial charge in [-0.3, -0.25) is 4.79 Å². The van der Waals surface area contributed by atoms with Crippen LogP contribution in [0.25, 0.3) is 0 Å². The first-order valence-electron chi connectivity index (χ1n) is 5.06. The van der Waals surface area contributed by atoms with Crippen LogP contribution in [0.2, 0.25) is 0 Å². The second-order valence-corrected chi connectivity index (χ2v) is 3.69. The Balaban J connectivity index is 2.03. The Bertz CT molecular complexity index is 405. The van der Waals surface area contributed by atoms with Gasteiger partial charge < -0.3 is 15.4 Å². The summed E-state index contributed by atoms with van der Waals surface area (Å²) in [4.78, 5) is 11.6. The van der Waals surface area contributed by atoms with Crippen LogP contribution in [-0.4, -0.2) is 26.1 Å². The molecule has 0 radical (unpaired) electrons. The third-order valence-electron chi connectivity index (χ3n) is 2.57. The van der Waals surface area contributed by atoms with Gasteiger partial charge in [-0.25, -0.2) is 4.39 Å². The standard InChI is InChI=1S/C11H13FN2O2/c1-16-10-3-2-8(4-9(10)12)14-11(15)7-5-13-6-7/h2-4,7,13H,5-6H2,1H3,(H,14,15). The summed E-state index contributed by atoms with van der Waals surface area (Å²) in [5.41, 5.74) is 0.454. The van der Waals surface area contributed by atoms with E-state index in [2.05, 4.69) is 10.6 Å². The van der Waals surface area contributed by atoms with Gasteiger partial charge in [0.2, 0.25) is 5.91 Å². The fraction of sp³-hybridized carbons (Fsp3) is 0.364. The zero-order valence-electron chi connectivity index (χ0n) is 8.92. The Morgan fingerprint density at radius 2 is 2.31 bits per heavy atom. The molecule has 1 fully saturated rings. The molecule has 0 saturated carbocycles. The lowest BCUT2D eigenvalue weighted by molar-refractivity contribution is -0.121. The highest BCUT2D eigenvalue weighted by Gasteiger charge is 2.24. The Kier molecular flexibility index (Phi) is 3.05. The Morgan fingerprint density at radius 3 is 2.81 bits per heavy atom. The molecule has 5 heteroatoms. The molecule has 0 aliphatic carbocycles. The van der Waals surface area contributed by atoms with Crippen LogP contribution < -0.4 is 15.4 Å². The van der Waals surface area contributed by atoms with Crippen LogP contribution in [0, 0.1) is 11.7 Å². The zero-order valence-corrected chi connectivity index (χ0v) is 8.92. The van der Waals surface area contributed by atoms with Gasteiger partial charge in [0.1, 0.15) is 0 Å². The third kappa shape index (κ3) is 2.14. The molecular weight excluding hydrogens is 211 g/mol. The number of rotatable bonds is 3. The van der Waals surface area contributed by atoms with Gasteiger partial charge in [-0.1, -0.05) is 0 Å². The molecule has 0 spiro atoms. The summed E-state index contributed by atoms with van der Waals surface area (Å²) in [6, 6.07) is 4.36. The zero-order chi connectivity index (χ0) is 11.5. The van der Waals surface area contributed by atoms with Gasteiger partial charge in [0, 0.05) is 24.8 Å². The number of amides is 1. The molecule has 1 aliphatic heterocycles. The molecule has 0 aromatic heterocycles. The van der Waals surface area contributed by atoms with Crippen LogP contribution in [-0.2, 0) is 4.79 Å². The molecule has 0 atom stereocenters. The number of hydrogen-bond acceptors (Lipinski definition) is 3. The predicted octanol–water partition coefficient (Wildman–Crippen LogP) is 0.992. The number of benzene rings is 1. The van der Waals surface area contributed by atoms with E-state index in [4.69, 9.17) is 4.74 Å². The lowest BCUT2D eigenvalue weighted by Gasteiger charge is -2.25. The number of carbonyl (C=O) groups excluding carboxylic acids is 1. The second-order valence-electron chi connectivity index (χ2n) is 3.69. The maximum atomic E-state index is 13.3. The van der Waals surface area contributed by atoms with Crippen molar-refractivity contribution in [2.45, 2.75) is 0 Å². The molecule has 0 unspecified atom stereocenters. The molecular formula is C11H13FN2O2. The minimum atomic E-state index is -0.480. The first kappa shape index (κ1) is 10.9. The largest absolute Gasteiger partial charge is 0.494 e. The number of hydrogen-bond donors (Lipinski definition) is 2. The fourth-order valence-electron chi connectivity index (χ4n) is 1.46. The number of carbonyl (C=O) groups is 1. The topological polar surface area (TPSA) is 50.4 Å². The molecule has 1 amide bonds. The SMILES string of the molecule is COc1ccc(NC(=O)C2CNC2)cc1F. The van der Waals surface area contributed by atoms with Gasteiger partial charge in [0.25, 0.3) is 0 Å². The number of halogens is 1. The van der Waals surface area contributed by atoms with Gasteiger partial charge in [-0.05, 0) is 12.1 Å². The molecule has 1 saturated heterocycles. The molecule has 1 aliphatic rings. The summed E-state index contributed by atoms with van der Waals surface area (Å²) in [5, 5.41) is 5.66. The van der Waals surface area contributed by atoms with Crippen LogP contribution in [0.3, 0.4) is 0 Å². The van der Waals surface area contributed by atoms with Gasteiger partial charge in [-0.2, -0.15) is 0 Å². The molecule has 2 N–H and O–H groups in total. The van der Waals surface area contributed by atoms with E-state index in [1.807, 2.05) is 0 Å². The van der Waals surface area contributed by atoms with Crippen molar-refractivity contribution >= 4 is 11.6 Å². The quantitative estimate of drug-likeness (QED) is 0.805. The number of anilines is 1. The summed E-state index contributed by atoms with van der Waals surface area (Å²) in [7, 11) is 1.40. The van der Waals surface area contributed by atoms with E-state index in [1.54, 1.807) is 6.07 Å². The maximum absolute atomic E-state index is 13.3. The monoisotopic (exact) mass is 224 g/mol. The third-order valence-corrected chi connectivity index (χ3v) is 2.57. The lowest BCUT2D eigenvalue weighted by atomic mass is 10.0. The molecule has 1 aromatic carbocycles. The Morgan fingerprint density at radius 1 is 1.56 bits per heavy atom. The van der Waals surface area contributed by atoms with Crippen molar-refractivity contribution in [3.8, 4) is 5.75 Å². The summed E-state index contributed by atoms with van der Waals surface area (Å²) in [6.45, 7) is 1.37. The Hall–Kier alpha value is -1.62. The highest BCUT2D eigenvalue weighted by molar-refractivity contribution is 5.93. The van der Waals surface area contributed by atoms with Gasteiger partial charge in [0.15, 0.2) is 11.6 Å². The van der Waals surface area contributed by atoms with E-state index >= 15 is 0 Å².